The molecule has 7 amide bonds. The highest BCUT2D eigenvalue weighted by Crippen LogP contribution is 2.36. The van der Waals surface area contributed by atoms with Crippen LogP contribution >= 0.6 is 46.4 Å². The fraction of sp³-hybridized carbons (Fsp3) is 0.150. The maximum Gasteiger partial charge on any atom is 0.261 e. The van der Waals surface area contributed by atoms with Crippen molar-refractivity contribution in [1.82, 2.24) is 29.8 Å². The van der Waals surface area contributed by atoms with Gasteiger partial charge in [0, 0.05) is 60.8 Å². The first-order valence-corrected chi connectivity index (χ1v) is 34.0. The molecule has 0 saturated heterocycles. The quantitative estimate of drug-likeness (QED) is 0.0564. The summed E-state index contributed by atoms with van der Waals surface area (Å²) in [5.74, 6) is -4.06. The Kier molecular flexibility index (Phi) is 26.7. The molecule has 6 heterocycles. The summed E-state index contributed by atoms with van der Waals surface area (Å²) in [4.78, 5) is 106. The summed E-state index contributed by atoms with van der Waals surface area (Å²) >= 11 is 24.1. The lowest BCUT2D eigenvalue weighted by atomic mass is 9.97. The van der Waals surface area contributed by atoms with Gasteiger partial charge in [0.25, 0.3) is 41.4 Å². The molecule has 0 unspecified atom stereocenters. The Balaban J connectivity index is 0.000000168. The monoisotopic (exact) mass is 1480 g/mol. The summed E-state index contributed by atoms with van der Waals surface area (Å²) in [6.45, 7) is 13.1. The van der Waals surface area contributed by atoms with Crippen molar-refractivity contribution in [3.63, 3.8) is 0 Å². The first-order chi connectivity index (χ1) is 49.5. The van der Waals surface area contributed by atoms with E-state index in [1.807, 2.05) is 76.2 Å². The Bertz CT molecular complexity index is 4830. The van der Waals surface area contributed by atoms with E-state index in [-0.39, 0.29) is 35.6 Å². The molecule has 530 valence electrons. The third kappa shape index (κ3) is 19.2. The number of hydrogen-bond acceptors (Lipinski definition) is 12. The predicted octanol–water partition coefficient (Wildman–Crippen LogP) is 16.1. The second-order valence-electron chi connectivity index (χ2n) is 23.4. The number of aryl methyl sites for hydroxylation is 7. The molecule has 0 spiro atoms. The second kappa shape index (κ2) is 35.5. The number of imide groups is 1. The number of rotatable bonds is 16. The third-order valence-electron chi connectivity index (χ3n) is 16.4. The van der Waals surface area contributed by atoms with Gasteiger partial charge in [-0.05, 0) is 200 Å². The van der Waals surface area contributed by atoms with Crippen LogP contribution < -0.4 is 28.7 Å². The molecule has 0 radical (unpaired) electrons. The topological polar surface area (TPSA) is 317 Å². The number of carbonyl (C=O) groups excluding carboxylic acids is 7. The lowest BCUT2D eigenvalue weighted by Gasteiger charge is -2.17. The largest absolute Gasteiger partial charge is 0.366 e. The number of aromatic nitrogens is 5. The number of benzene rings is 6. The van der Waals surface area contributed by atoms with E-state index in [9.17, 15) is 42.3 Å². The lowest BCUT2D eigenvalue weighted by Crippen LogP contribution is -2.30. The van der Waals surface area contributed by atoms with E-state index in [4.69, 9.17) is 75.1 Å². The van der Waals surface area contributed by atoms with E-state index in [2.05, 4.69) is 24.9 Å². The van der Waals surface area contributed by atoms with E-state index in [1.165, 1.54) is 36.7 Å². The Morgan fingerprint density at radius 1 is 0.365 bits per heavy atom. The number of fused-ring (bicyclic) bond motifs is 1. The van der Waals surface area contributed by atoms with E-state index >= 15 is 0 Å². The Morgan fingerprint density at radius 3 is 1.03 bits per heavy atom. The highest BCUT2D eigenvalue weighted by molar-refractivity contribution is 6.36. The van der Waals surface area contributed by atoms with Crippen molar-refractivity contribution in [3.05, 3.63) is 298 Å². The smallest absolute Gasteiger partial charge is 0.261 e. The summed E-state index contributed by atoms with van der Waals surface area (Å²) in [6, 6.07) is 47.2. The minimum absolute atomic E-state index is 0.0512. The van der Waals surface area contributed by atoms with Crippen LogP contribution in [-0.2, 0) is 32.2 Å². The molecule has 12 rings (SSSR count). The van der Waals surface area contributed by atoms with Crippen LogP contribution in [0.4, 0.5) is 8.78 Å². The van der Waals surface area contributed by atoms with Gasteiger partial charge in [-0.2, -0.15) is 0 Å². The van der Waals surface area contributed by atoms with Crippen LogP contribution in [0.5, 0.6) is 0 Å². The van der Waals surface area contributed by atoms with Crippen molar-refractivity contribution in [3.8, 4) is 55.6 Å². The number of pyridine rings is 5. The Labute approximate surface area is 619 Å². The maximum atomic E-state index is 13.0. The number of carbonyl (C=O) groups is 7. The fourth-order valence-electron chi connectivity index (χ4n) is 11.3. The zero-order valence-electron chi connectivity index (χ0n) is 57.6. The highest BCUT2D eigenvalue weighted by Gasteiger charge is 2.36. The van der Waals surface area contributed by atoms with Crippen molar-refractivity contribution in [2.24, 2.45) is 28.7 Å². The summed E-state index contributed by atoms with van der Waals surface area (Å²) in [5.41, 5.74) is 42.7. The van der Waals surface area contributed by atoms with Gasteiger partial charge in [0.05, 0.1) is 68.3 Å². The summed E-state index contributed by atoms with van der Waals surface area (Å²) in [7, 11) is 0. The minimum Gasteiger partial charge on any atom is -0.366 e. The molecule has 0 fully saturated rings. The number of nitrogens with zero attached hydrogens (tertiary/aromatic N) is 6. The molecule has 1 aliphatic rings. The van der Waals surface area contributed by atoms with E-state index in [0.717, 1.165) is 86.7 Å². The zero-order valence-corrected chi connectivity index (χ0v) is 60.6. The van der Waals surface area contributed by atoms with Crippen LogP contribution in [-0.4, -0.2) is 71.2 Å². The SMILES string of the molecule is CCc1cc(-c2ccc(Cl)cc2)c(C(N)=O)c(C)n1.CCc1cc(-c2ccc(Cl)cc2)c(C(N)=O)cn1.CCc1cc(-c2ccc(F)cc2)c(C(N)=O)c(C)n1.CCc1cc(-c2ccc(F)cc2)c(C(N)=O)cn1.Cc1nc(CN2C(=O)c3ccccc3C2=O)cc(-c2ccc(Cl)cc2Cl)c1C(N)=O. The molecule has 0 atom stereocenters. The molecule has 18 nitrogen and oxygen atoms in total. The van der Waals surface area contributed by atoms with Crippen LogP contribution in [0, 0.1) is 32.4 Å². The first-order valence-electron chi connectivity index (χ1n) is 32.5. The van der Waals surface area contributed by atoms with Crippen LogP contribution in [0.2, 0.25) is 20.1 Å². The van der Waals surface area contributed by atoms with Crippen molar-refractivity contribution < 1.29 is 42.3 Å². The standard InChI is InChI=1S/C22H15Cl2N3O3.C15H15ClN2O.C15H15FN2O.C14H13ClN2O.C14H13FN2O/c1-11-19(20(25)28)17(14-7-6-12(23)8-18(14)24)9-13(26-11)10-27-21(29)15-4-2-3-5-16(15)22(27)30;2*1-3-12-8-13(10-4-6-11(16)7-5-10)14(15(17)19)9(2)18-12;2*1-2-11-7-12(13(8-17-11)14(16)18)9-3-5-10(15)6-4-9/h2-9H,10H2,1H3,(H2,25,28);2*4-8H,3H2,1-2H3,(H2,17,19);2*3-8H,2H2,1H3,(H2,16,18). The lowest BCUT2D eigenvalue weighted by molar-refractivity contribution is 0.0638. The van der Waals surface area contributed by atoms with E-state index < -0.39 is 29.5 Å². The maximum absolute atomic E-state index is 13.0. The fourth-order valence-corrected chi connectivity index (χ4v) is 12.0. The van der Waals surface area contributed by atoms with Crippen LogP contribution in [0.3, 0.4) is 0 Å². The second-order valence-corrected chi connectivity index (χ2v) is 25.2. The van der Waals surface area contributed by atoms with Crippen LogP contribution in [0.25, 0.3) is 55.6 Å². The van der Waals surface area contributed by atoms with Crippen LogP contribution in [0.1, 0.15) is 146 Å². The van der Waals surface area contributed by atoms with Gasteiger partial charge in [0.2, 0.25) is 0 Å². The molecule has 0 bridgehead atoms. The molecule has 0 saturated carbocycles. The number of hydrogen-bond donors (Lipinski definition) is 5. The first kappa shape index (κ1) is 78.3. The molecular weight excluding hydrogens is 1410 g/mol. The molecular formula is C80H71Cl4F2N11O7. The average molecular weight is 1480 g/mol. The number of halogens is 6. The summed E-state index contributed by atoms with van der Waals surface area (Å²) in [6.07, 6.45) is 6.13. The molecule has 0 aliphatic carbocycles. The van der Waals surface area contributed by atoms with E-state index in [1.54, 1.807) is 118 Å². The molecule has 5 aromatic heterocycles. The molecule has 11 aromatic rings. The van der Waals surface area contributed by atoms with Gasteiger partial charge < -0.3 is 28.7 Å². The van der Waals surface area contributed by atoms with Gasteiger partial charge in [-0.25, -0.2) is 8.78 Å². The minimum atomic E-state index is -0.659. The molecule has 1 aliphatic heterocycles. The Morgan fingerprint density at radius 2 is 0.683 bits per heavy atom. The summed E-state index contributed by atoms with van der Waals surface area (Å²) < 4.78 is 25.9. The molecule has 10 N–H and O–H groups in total. The highest BCUT2D eigenvalue weighted by atomic mass is 35.5. The number of amides is 7. The molecule has 104 heavy (non-hydrogen) atoms. The Hall–Kier alpha value is -11.4. The van der Waals surface area contributed by atoms with Crippen molar-refractivity contribution in [1.29, 1.82) is 0 Å². The van der Waals surface area contributed by atoms with Crippen molar-refractivity contribution >= 4 is 87.8 Å². The molecule has 6 aromatic carbocycles. The summed E-state index contributed by atoms with van der Waals surface area (Å²) in [5, 5.41) is 2.10. The number of primary amides is 5. The van der Waals surface area contributed by atoms with Gasteiger partial charge in [0.15, 0.2) is 0 Å². The van der Waals surface area contributed by atoms with Crippen LogP contribution in [0.15, 0.2) is 182 Å². The molecule has 24 heteroatoms. The van der Waals surface area contributed by atoms with Crippen molar-refractivity contribution in [2.75, 3.05) is 0 Å². The van der Waals surface area contributed by atoms with Gasteiger partial charge in [-0.1, -0.05) is 141 Å². The van der Waals surface area contributed by atoms with Crippen molar-refractivity contribution in [2.45, 2.75) is 80.7 Å². The number of nitrogens with two attached hydrogens (primary N) is 5. The predicted molar refractivity (Wildman–Crippen MR) is 403 cm³/mol. The third-order valence-corrected chi connectivity index (χ3v) is 17.5. The van der Waals surface area contributed by atoms with Gasteiger partial charge in [0.1, 0.15) is 11.6 Å². The van der Waals surface area contributed by atoms with Gasteiger partial charge in [-0.3, -0.25) is 63.4 Å². The van der Waals surface area contributed by atoms with Gasteiger partial charge in [-0.15, -0.1) is 0 Å². The zero-order chi connectivity index (χ0) is 75.8. The normalized spacial score (nSPS) is 11.1. The average Bonchev–Trinajstić information content (AvgIpc) is 1.70. The van der Waals surface area contributed by atoms with E-state index in [0.29, 0.717) is 98.5 Å². The van der Waals surface area contributed by atoms with Gasteiger partial charge >= 0.3 is 0 Å².